The van der Waals surface area contributed by atoms with Crippen LogP contribution in [0.4, 0.5) is 5.69 Å². The Morgan fingerprint density at radius 3 is 2.00 bits per heavy atom. The number of hydrogen-bond acceptors (Lipinski definition) is 3. The molecule has 1 heterocycles. The van der Waals surface area contributed by atoms with E-state index in [-0.39, 0.29) is 23.7 Å². The van der Waals surface area contributed by atoms with Crippen molar-refractivity contribution < 1.29 is 19.5 Å². The minimum absolute atomic E-state index is 0.0353. The second kappa shape index (κ2) is 7.94. The van der Waals surface area contributed by atoms with Crippen molar-refractivity contribution in [2.24, 2.45) is 23.7 Å². The van der Waals surface area contributed by atoms with Gasteiger partial charge in [-0.2, -0.15) is 0 Å². The summed E-state index contributed by atoms with van der Waals surface area (Å²) in [6, 6.07) is 6.97. The summed E-state index contributed by atoms with van der Waals surface area (Å²) in [7, 11) is 0. The molecule has 2 atom stereocenters. The van der Waals surface area contributed by atoms with E-state index >= 15 is 0 Å². The van der Waals surface area contributed by atoms with Gasteiger partial charge in [0.05, 0.1) is 11.8 Å². The summed E-state index contributed by atoms with van der Waals surface area (Å²) in [5, 5.41) is 12.5. The molecule has 2 amide bonds. The van der Waals surface area contributed by atoms with Gasteiger partial charge in [-0.15, -0.1) is 0 Å². The first-order valence-corrected chi connectivity index (χ1v) is 10.5. The van der Waals surface area contributed by atoms with Gasteiger partial charge in [-0.25, -0.2) is 0 Å². The van der Waals surface area contributed by atoms with Gasteiger partial charge in [0.1, 0.15) is 0 Å². The van der Waals surface area contributed by atoms with E-state index in [4.69, 9.17) is 0 Å². The maximum absolute atomic E-state index is 12.9. The molecule has 6 nitrogen and oxygen atoms in total. The molecule has 5 rings (SSSR count). The van der Waals surface area contributed by atoms with Crippen LogP contribution in [0.3, 0.4) is 0 Å². The number of nitrogens with one attached hydrogen (secondary N) is 1. The number of carbonyl (C=O) groups excluding carboxylic acids is 2. The topological polar surface area (TPSA) is 86.7 Å². The Kier molecular flexibility index (Phi) is 5.38. The van der Waals surface area contributed by atoms with Crippen LogP contribution in [0, 0.1) is 23.7 Å². The quantitative estimate of drug-likeness (QED) is 0.833. The van der Waals surface area contributed by atoms with Crippen LogP contribution in [0.25, 0.3) is 0 Å². The number of carbonyl (C=O) groups is 3. The lowest BCUT2D eigenvalue weighted by atomic mass is 9.58. The first-order valence-electron chi connectivity index (χ1n) is 10.5. The number of nitrogens with zero attached hydrogens (tertiary/aromatic N) is 1. The van der Waals surface area contributed by atoms with Crippen molar-refractivity contribution in [1.29, 1.82) is 0 Å². The van der Waals surface area contributed by atoms with Gasteiger partial charge >= 0.3 is 5.97 Å². The summed E-state index contributed by atoms with van der Waals surface area (Å²) in [4.78, 5) is 39.1. The van der Waals surface area contributed by atoms with Crippen LogP contribution in [-0.4, -0.2) is 40.9 Å². The van der Waals surface area contributed by atoms with Crippen molar-refractivity contribution in [2.45, 2.75) is 44.9 Å². The van der Waals surface area contributed by atoms with E-state index in [1.807, 2.05) is 4.90 Å². The molecule has 0 spiro atoms. The van der Waals surface area contributed by atoms with Gasteiger partial charge in [0.2, 0.25) is 5.91 Å². The van der Waals surface area contributed by atoms with E-state index in [1.165, 1.54) is 6.42 Å². The number of aliphatic carboxylic acids is 1. The van der Waals surface area contributed by atoms with Gasteiger partial charge in [-0.1, -0.05) is 0 Å². The minimum atomic E-state index is -0.850. The Balaban J connectivity index is 1.43. The molecule has 150 valence electrons. The molecule has 2 bridgehead atoms. The summed E-state index contributed by atoms with van der Waals surface area (Å²) >= 11 is 0. The van der Waals surface area contributed by atoms with E-state index in [0.29, 0.717) is 11.3 Å². The number of carboxylic acid groups (broad SMARTS) is 1. The number of carboxylic acids is 1. The maximum atomic E-state index is 12.9. The third-order valence-corrected chi connectivity index (χ3v) is 6.85. The number of fused-ring (bicyclic) bond motifs is 3. The largest absolute Gasteiger partial charge is 0.481 e. The molecule has 4 aliphatic rings. The molecule has 1 aromatic carbocycles. The van der Waals surface area contributed by atoms with Crippen molar-refractivity contribution in [3.05, 3.63) is 29.8 Å². The normalized spacial score (nSPS) is 29.4. The van der Waals surface area contributed by atoms with Crippen LogP contribution in [-0.2, 0) is 9.59 Å². The smallest absolute Gasteiger partial charge is 0.307 e. The van der Waals surface area contributed by atoms with Crippen LogP contribution >= 0.6 is 0 Å². The Hall–Kier alpha value is -2.37. The van der Waals surface area contributed by atoms with Crippen molar-refractivity contribution in [3.63, 3.8) is 0 Å². The fourth-order valence-corrected chi connectivity index (χ4v) is 5.38. The Bertz CT molecular complexity index is 746. The van der Waals surface area contributed by atoms with Crippen molar-refractivity contribution in [3.8, 4) is 0 Å². The van der Waals surface area contributed by atoms with Crippen molar-refractivity contribution >= 4 is 23.5 Å². The number of benzene rings is 1. The van der Waals surface area contributed by atoms with Gasteiger partial charge in [0, 0.05) is 24.3 Å². The molecule has 1 saturated heterocycles. The third-order valence-electron chi connectivity index (χ3n) is 6.85. The molecule has 2 N–H and O–H groups in total. The number of piperidine rings is 1. The van der Waals surface area contributed by atoms with Gasteiger partial charge in [-0.3, -0.25) is 14.4 Å². The lowest BCUT2D eigenvalue weighted by Crippen LogP contribution is -2.49. The van der Waals surface area contributed by atoms with Crippen LogP contribution in [0.1, 0.15) is 55.3 Å². The van der Waals surface area contributed by atoms with E-state index < -0.39 is 17.8 Å². The molecule has 4 fully saturated rings. The Morgan fingerprint density at radius 2 is 1.43 bits per heavy atom. The SMILES string of the molecule is O=C(O)C1C2CCC(CC2)C1C(=O)Nc1ccc(C(=O)N2CCCCC2)cc1. The molecule has 28 heavy (non-hydrogen) atoms. The lowest BCUT2D eigenvalue weighted by Gasteiger charge is -2.45. The van der Waals surface area contributed by atoms with Crippen LogP contribution in [0.15, 0.2) is 24.3 Å². The van der Waals surface area contributed by atoms with Crippen LogP contribution in [0.5, 0.6) is 0 Å². The molecule has 0 radical (unpaired) electrons. The predicted molar refractivity (Wildman–Crippen MR) is 105 cm³/mol. The molecule has 6 heteroatoms. The summed E-state index contributed by atoms with van der Waals surface area (Å²) in [5.41, 5.74) is 1.24. The molecule has 2 unspecified atom stereocenters. The van der Waals surface area contributed by atoms with Crippen LogP contribution in [0.2, 0.25) is 0 Å². The number of rotatable bonds is 4. The fourth-order valence-electron chi connectivity index (χ4n) is 5.38. The first kappa shape index (κ1) is 19.0. The van der Waals surface area contributed by atoms with E-state index in [9.17, 15) is 19.5 Å². The van der Waals surface area contributed by atoms with Gasteiger partial charge in [0.15, 0.2) is 0 Å². The standard InChI is InChI=1S/C22H28N2O4/c25-20(18-14-4-6-15(7-5-14)19(18)22(27)28)23-17-10-8-16(9-11-17)21(26)24-12-2-1-3-13-24/h8-11,14-15,18-19H,1-7,12-13H2,(H,23,25)(H,27,28). The minimum Gasteiger partial charge on any atom is -0.481 e. The summed E-state index contributed by atoms with van der Waals surface area (Å²) in [5.74, 6) is -1.78. The molecular formula is C22H28N2O4. The van der Waals surface area contributed by atoms with Gasteiger partial charge < -0.3 is 15.3 Å². The highest BCUT2D eigenvalue weighted by Gasteiger charge is 2.50. The molecular weight excluding hydrogens is 356 g/mol. The van der Waals surface area contributed by atoms with Gasteiger partial charge in [-0.05, 0) is 81.0 Å². The number of likely N-dealkylation sites (tertiary alicyclic amines) is 1. The van der Waals surface area contributed by atoms with Gasteiger partial charge in [0.25, 0.3) is 5.91 Å². The van der Waals surface area contributed by atoms with Crippen molar-refractivity contribution in [1.82, 2.24) is 4.90 Å². The third kappa shape index (κ3) is 3.64. The molecule has 3 aliphatic carbocycles. The molecule has 0 aromatic heterocycles. The maximum Gasteiger partial charge on any atom is 0.307 e. The van der Waals surface area contributed by atoms with E-state index in [0.717, 1.165) is 51.6 Å². The highest BCUT2D eigenvalue weighted by molar-refractivity contribution is 5.97. The predicted octanol–water partition coefficient (Wildman–Crippen LogP) is 3.39. The van der Waals surface area contributed by atoms with E-state index in [2.05, 4.69) is 5.32 Å². The van der Waals surface area contributed by atoms with E-state index in [1.54, 1.807) is 24.3 Å². The summed E-state index contributed by atoms with van der Waals surface area (Å²) < 4.78 is 0. The molecule has 1 aromatic rings. The Morgan fingerprint density at radius 1 is 0.857 bits per heavy atom. The Labute approximate surface area is 165 Å². The average Bonchev–Trinajstić information content (AvgIpc) is 2.74. The first-order chi connectivity index (χ1) is 13.5. The highest BCUT2D eigenvalue weighted by atomic mass is 16.4. The summed E-state index contributed by atoms with van der Waals surface area (Å²) in [6.45, 7) is 1.61. The summed E-state index contributed by atoms with van der Waals surface area (Å²) in [6.07, 6.45) is 6.99. The zero-order valence-corrected chi connectivity index (χ0v) is 16.1. The number of anilines is 1. The fraction of sp³-hybridized carbons (Fsp3) is 0.591. The monoisotopic (exact) mass is 384 g/mol. The zero-order valence-electron chi connectivity index (χ0n) is 16.1. The number of amides is 2. The lowest BCUT2D eigenvalue weighted by molar-refractivity contribution is -0.156. The number of hydrogen-bond donors (Lipinski definition) is 2. The second-order valence-corrected chi connectivity index (χ2v) is 8.48. The molecule has 3 saturated carbocycles. The molecule has 1 aliphatic heterocycles. The second-order valence-electron chi connectivity index (χ2n) is 8.48. The van der Waals surface area contributed by atoms with Crippen LogP contribution < -0.4 is 5.32 Å². The zero-order chi connectivity index (χ0) is 19.7. The van der Waals surface area contributed by atoms with Crippen molar-refractivity contribution in [2.75, 3.05) is 18.4 Å². The highest BCUT2D eigenvalue weighted by Crippen LogP contribution is 2.49. The average molecular weight is 384 g/mol.